The highest BCUT2D eigenvalue weighted by Gasteiger charge is 2.22. The van der Waals surface area contributed by atoms with Gasteiger partial charge in [0.05, 0.1) is 11.9 Å². The van der Waals surface area contributed by atoms with Crippen LogP contribution in [0.15, 0.2) is 63.8 Å². The van der Waals surface area contributed by atoms with E-state index < -0.39 is 23.7 Å². The zero-order chi connectivity index (χ0) is 17.8. The molecule has 0 fully saturated rings. The van der Waals surface area contributed by atoms with Gasteiger partial charge >= 0.3 is 11.7 Å². The summed E-state index contributed by atoms with van der Waals surface area (Å²) in [6.07, 6.45) is -1.26. The minimum atomic E-state index is -1.16. The Bertz CT molecular complexity index is 958. The lowest BCUT2D eigenvalue weighted by Crippen LogP contribution is -2.27. The molecule has 7 nitrogen and oxygen atoms in total. The number of ether oxygens (including phenoxy) is 1. The number of oxazole rings is 1. The maximum absolute atomic E-state index is 12.1. The van der Waals surface area contributed by atoms with Gasteiger partial charge in [-0.2, -0.15) is 0 Å². The topological polar surface area (TPSA) is 105 Å². The predicted molar refractivity (Wildman–Crippen MR) is 89.6 cm³/mol. The molecule has 3 aromatic rings. The molecule has 0 spiro atoms. The number of nitrogens with zero attached hydrogens (tertiary/aromatic N) is 1. The number of primary amides is 1. The van der Waals surface area contributed by atoms with Gasteiger partial charge in [0.2, 0.25) is 6.10 Å². The first kappa shape index (κ1) is 16.5. The Kier molecular flexibility index (Phi) is 4.65. The molecule has 1 atom stereocenters. The van der Waals surface area contributed by atoms with Crippen LogP contribution < -0.4 is 11.5 Å². The van der Waals surface area contributed by atoms with Gasteiger partial charge in [0.15, 0.2) is 5.58 Å². The van der Waals surface area contributed by atoms with Crippen LogP contribution >= 0.6 is 0 Å². The molecule has 0 aliphatic carbocycles. The van der Waals surface area contributed by atoms with Crippen molar-refractivity contribution in [1.82, 2.24) is 4.57 Å². The number of nitrogens with two attached hydrogens (primary N) is 1. The lowest BCUT2D eigenvalue weighted by Gasteiger charge is -2.15. The fourth-order valence-electron chi connectivity index (χ4n) is 2.54. The zero-order valence-corrected chi connectivity index (χ0v) is 13.3. The molecule has 0 bridgehead atoms. The summed E-state index contributed by atoms with van der Waals surface area (Å²) >= 11 is 0. The highest BCUT2D eigenvalue weighted by Crippen LogP contribution is 2.18. The Hall–Kier alpha value is -3.35. The summed E-state index contributed by atoms with van der Waals surface area (Å²) in [6.45, 7) is 0.0783. The van der Waals surface area contributed by atoms with E-state index in [1.54, 1.807) is 54.6 Å². The van der Waals surface area contributed by atoms with Crippen molar-refractivity contribution in [2.24, 2.45) is 5.73 Å². The van der Waals surface area contributed by atoms with E-state index in [-0.39, 0.29) is 13.0 Å². The van der Waals surface area contributed by atoms with Crippen LogP contribution in [0.5, 0.6) is 0 Å². The number of aromatic nitrogens is 1. The quantitative estimate of drug-likeness (QED) is 0.688. The molecule has 1 aromatic heterocycles. The Labute approximate surface area is 142 Å². The van der Waals surface area contributed by atoms with E-state index in [1.165, 1.54) is 4.57 Å². The second-order valence-corrected chi connectivity index (χ2v) is 5.42. The van der Waals surface area contributed by atoms with Crippen LogP contribution in [0.3, 0.4) is 0 Å². The van der Waals surface area contributed by atoms with Crippen molar-refractivity contribution in [2.45, 2.75) is 19.1 Å². The number of esters is 1. The summed E-state index contributed by atoms with van der Waals surface area (Å²) in [5, 5.41) is 0. The van der Waals surface area contributed by atoms with Crippen molar-refractivity contribution in [3.8, 4) is 0 Å². The smallest absolute Gasteiger partial charge is 0.419 e. The standard InChI is InChI=1S/C18H16N2O5/c19-17(22)16(12-6-2-1-3-7-12)25-15(21)10-11-20-13-8-4-5-9-14(13)24-18(20)23/h1-9,16H,10-11H2,(H2,19,22)/t16-/m0/s1. The molecule has 2 aromatic carbocycles. The Morgan fingerprint density at radius 3 is 2.48 bits per heavy atom. The number of amides is 1. The van der Waals surface area contributed by atoms with E-state index >= 15 is 0 Å². The average Bonchev–Trinajstić information content (AvgIpc) is 2.93. The minimum Gasteiger partial charge on any atom is -0.447 e. The van der Waals surface area contributed by atoms with Crippen molar-refractivity contribution in [3.05, 3.63) is 70.7 Å². The molecular formula is C18H16N2O5. The summed E-state index contributed by atoms with van der Waals surface area (Å²) in [6, 6.07) is 15.4. The molecule has 7 heteroatoms. The van der Waals surface area contributed by atoms with E-state index in [0.29, 0.717) is 16.7 Å². The highest BCUT2D eigenvalue weighted by molar-refractivity contribution is 5.83. The Morgan fingerprint density at radius 1 is 1.08 bits per heavy atom. The van der Waals surface area contributed by atoms with E-state index in [1.807, 2.05) is 0 Å². The fourth-order valence-corrected chi connectivity index (χ4v) is 2.54. The number of hydrogen-bond donors (Lipinski definition) is 1. The highest BCUT2D eigenvalue weighted by atomic mass is 16.5. The molecular weight excluding hydrogens is 324 g/mol. The van der Waals surface area contributed by atoms with Gasteiger partial charge in [-0.15, -0.1) is 0 Å². The van der Waals surface area contributed by atoms with Gasteiger partial charge < -0.3 is 14.9 Å². The number of fused-ring (bicyclic) bond motifs is 1. The number of carbonyl (C=O) groups excluding carboxylic acids is 2. The summed E-state index contributed by atoms with van der Waals surface area (Å²) in [5.41, 5.74) is 6.85. The SMILES string of the molecule is NC(=O)[C@@H](OC(=O)CCn1c(=O)oc2ccccc21)c1ccccc1. The molecule has 0 aliphatic rings. The van der Waals surface area contributed by atoms with Gasteiger partial charge in [-0.25, -0.2) is 4.79 Å². The lowest BCUT2D eigenvalue weighted by atomic mass is 10.1. The van der Waals surface area contributed by atoms with Crippen LogP contribution in [0, 0.1) is 0 Å². The number of carbonyl (C=O) groups is 2. The first-order valence-electron chi connectivity index (χ1n) is 7.68. The molecule has 3 rings (SSSR count). The molecule has 2 N–H and O–H groups in total. The van der Waals surface area contributed by atoms with Crippen LogP contribution in [0.4, 0.5) is 0 Å². The summed E-state index contributed by atoms with van der Waals surface area (Å²) in [7, 11) is 0. The number of para-hydroxylation sites is 2. The van der Waals surface area contributed by atoms with Crippen LogP contribution in [0.25, 0.3) is 11.1 Å². The van der Waals surface area contributed by atoms with Gasteiger partial charge in [0.25, 0.3) is 5.91 Å². The van der Waals surface area contributed by atoms with Crippen LogP contribution in [-0.4, -0.2) is 16.4 Å². The van der Waals surface area contributed by atoms with Gasteiger partial charge in [-0.1, -0.05) is 42.5 Å². The molecule has 25 heavy (non-hydrogen) atoms. The first-order chi connectivity index (χ1) is 12.1. The third-order valence-corrected chi connectivity index (χ3v) is 3.72. The number of hydrogen-bond acceptors (Lipinski definition) is 5. The van der Waals surface area contributed by atoms with E-state index in [9.17, 15) is 14.4 Å². The van der Waals surface area contributed by atoms with E-state index in [0.717, 1.165) is 0 Å². The third-order valence-electron chi connectivity index (χ3n) is 3.72. The van der Waals surface area contributed by atoms with Crippen molar-refractivity contribution in [1.29, 1.82) is 0 Å². The largest absolute Gasteiger partial charge is 0.447 e. The summed E-state index contributed by atoms with van der Waals surface area (Å²) in [4.78, 5) is 35.5. The molecule has 0 unspecified atom stereocenters. The van der Waals surface area contributed by atoms with Gasteiger partial charge in [0, 0.05) is 12.1 Å². The van der Waals surface area contributed by atoms with E-state index in [4.69, 9.17) is 14.9 Å². The zero-order valence-electron chi connectivity index (χ0n) is 13.3. The lowest BCUT2D eigenvalue weighted by molar-refractivity contribution is -0.155. The number of rotatable bonds is 6. The number of benzene rings is 2. The Morgan fingerprint density at radius 2 is 1.76 bits per heavy atom. The van der Waals surface area contributed by atoms with Crippen molar-refractivity contribution >= 4 is 23.0 Å². The minimum absolute atomic E-state index is 0.0783. The first-order valence-corrected chi connectivity index (χ1v) is 7.68. The Balaban J connectivity index is 1.70. The molecule has 0 saturated heterocycles. The summed E-state index contributed by atoms with van der Waals surface area (Å²) < 4.78 is 11.6. The number of aryl methyl sites for hydroxylation is 1. The van der Waals surface area contributed by atoms with Crippen LogP contribution in [0.1, 0.15) is 18.1 Å². The molecule has 1 heterocycles. The van der Waals surface area contributed by atoms with Crippen molar-refractivity contribution in [2.75, 3.05) is 0 Å². The molecule has 0 aliphatic heterocycles. The molecule has 1 amide bonds. The maximum atomic E-state index is 12.1. The van der Waals surface area contributed by atoms with Gasteiger partial charge in [-0.3, -0.25) is 14.2 Å². The third kappa shape index (κ3) is 3.60. The van der Waals surface area contributed by atoms with Gasteiger partial charge in [-0.05, 0) is 12.1 Å². The van der Waals surface area contributed by atoms with Gasteiger partial charge in [0.1, 0.15) is 0 Å². The summed E-state index contributed by atoms with van der Waals surface area (Å²) in [5.74, 6) is -1.95. The monoisotopic (exact) mass is 340 g/mol. The second-order valence-electron chi connectivity index (χ2n) is 5.42. The van der Waals surface area contributed by atoms with Crippen LogP contribution in [-0.2, 0) is 20.9 Å². The van der Waals surface area contributed by atoms with E-state index in [2.05, 4.69) is 0 Å². The molecule has 128 valence electrons. The van der Waals surface area contributed by atoms with Crippen molar-refractivity contribution in [3.63, 3.8) is 0 Å². The normalized spacial score (nSPS) is 12.0. The second kappa shape index (κ2) is 7.04. The molecule has 0 radical (unpaired) electrons. The average molecular weight is 340 g/mol. The predicted octanol–water partition coefficient (Wildman–Crippen LogP) is 1.75. The molecule has 0 saturated carbocycles. The van der Waals surface area contributed by atoms with Crippen molar-refractivity contribution < 1.29 is 18.7 Å². The fraction of sp³-hybridized carbons (Fsp3) is 0.167. The van der Waals surface area contributed by atoms with Crippen LogP contribution in [0.2, 0.25) is 0 Å². The maximum Gasteiger partial charge on any atom is 0.419 e.